The second-order valence-corrected chi connectivity index (χ2v) is 5.37. The molecule has 1 aliphatic carbocycles. The molecule has 0 saturated carbocycles. The fourth-order valence-corrected chi connectivity index (χ4v) is 3.25. The molecule has 108 valence electrons. The lowest BCUT2D eigenvalue weighted by Crippen LogP contribution is -2.35. The molecule has 1 amide bonds. The lowest BCUT2D eigenvalue weighted by molar-refractivity contribution is -0.122. The normalized spacial score (nSPS) is 18.2. The summed E-state index contributed by atoms with van der Waals surface area (Å²) in [5.74, 6) is -2.31. The fraction of sp³-hybridized carbons (Fsp3) is 0.250. The molecule has 0 aliphatic heterocycles. The zero-order chi connectivity index (χ0) is 15.6. The molecule has 4 nitrogen and oxygen atoms in total. The van der Waals surface area contributed by atoms with Gasteiger partial charge in [0.25, 0.3) is 0 Å². The van der Waals surface area contributed by atoms with Crippen LogP contribution in [0.4, 0.5) is 0 Å². The van der Waals surface area contributed by atoms with E-state index in [1.165, 1.54) is 0 Å². The average Bonchev–Trinajstić information content (AvgIpc) is 2.72. The summed E-state index contributed by atoms with van der Waals surface area (Å²) in [6.45, 7) is 3.71. The molecule has 21 heavy (non-hydrogen) atoms. The van der Waals surface area contributed by atoms with E-state index in [0.717, 1.165) is 5.56 Å². The van der Waals surface area contributed by atoms with Gasteiger partial charge in [-0.3, -0.25) is 9.59 Å². The van der Waals surface area contributed by atoms with Crippen LogP contribution in [-0.2, 0) is 9.59 Å². The second-order valence-electron chi connectivity index (χ2n) is 4.93. The van der Waals surface area contributed by atoms with E-state index in [-0.39, 0.29) is 18.6 Å². The highest BCUT2D eigenvalue weighted by molar-refractivity contribution is 7.81. The molecule has 1 aliphatic rings. The molecular weight excluding hydrogens is 286 g/mol. The predicted octanol–water partition coefficient (Wildman–Crippen LogP) is 1.94. The highest BCUT2D eigenvalue weighted by atomic mass is 32.1. The van der Waals surface area contributed by atoms with Crippen molar-refractivity contribution in [1.82, 2.24) is 0 Å². The van der Waals surface area contributed by atoms with Crippen molar-refractivity contribution >= 4 is 41.1 Å². The van der Waals surface area contributed by atoms with Gasteiger partial charge < -0.3 is 10.5 Å². The van der Waals surface area contributed by atoms with Crippen molar-refractivity contribution < 1.29 is 14.4 Å². The van der Waals surface area contributed by atoms with E-state index in [4.69, 9.17) is 18.0 Å². The van der Waals surface area contributed by atoms with Crippen LogP contribution in [0, 0.1) is 11.8 Å². The number of nitrogens with two attached hydrogens (primary N) is 1. The predicted molar refractivity (Wildman–Crippen MR) is 84.0 cm³/mol. The second kappa shape index (κ2) is 6.10. The standard InChI is InChI=1S/C16H15NO3S/c1-2-9-5-3-6-10-12(9)15(21)13(14(10)19)11(16(17)20)7-4-8-18/h2-3,5-6,8,11,13H,1,4,7H2,(H2,17,20). The van der Waals surface area contributed by atoms with Crippen LogP contribution in [-0.4, -0.2) is 22.8 Å². The van der Waals surface area contributed by atoms with Gasteiger partial charge in [-0.15, -0.1) is 0 Å². The Hall–Kier alpha value is -2.14. The maximum absolute atomic E-state index is 12.6. The molecule has 1 aromatic rings. The van der Waals surface area contributed by atoms with Crippen LogP contribution < -0.4 is 5.73 Å². The molecule has 0 heterocycles. The van der Waals surface area contributed by atoms with Crippen molar-refractivity contribution in [3.63, 3.8) is 0 Å². The number of carbonyl (C=O) groups is 3. The van der Waals surface area contributed by atoms with Gasteiger partial charge in [-0.2, -0.15) is 0 Å². The Labute approximate surface area is 128 Å². The Kier molecular flexibility index (Phi) is 4.43. The number of primary amides is 1. The third kappa shape index (κ3) is 2.56. The number of carbonyl (C=O) groups excluding carboxylic acids is 3. The molecule has 5 heteroatoms. The fourth-order valence-electron chi connectivity index (χ4n) is 2.75. The first kappa shape index (κ1) is 15.3. The minimum absolute atomic E-state index is 0.171. The number of hydrogen-bond acceptors (Lipinski definition) is 4. The summed E-state index contributed by atoms with van der Waals surface area (Å²) in [4.78, 5) is 35.2. The molecule has 2 N–H and O–H groups in total. The van der Waals surface area contributed by atoms with Crippen molar-refractivity contribution in [2.45, 2.75) is 12.8 Å². The molecule has 0 fully saturated rings. The van der Waals surface area contributed by atoms with Gasteiger partial charge in [0.05, 0.1) is 11.8 Å². The van der Waals surface area contributed by atoms with Crippen LogP contribution in [0.1, 0.15) is 34.3 Å². The molecule has 0 aromatic heterocycles. The van der Waals surface area contributed by atoms with E-state index in [2.05, 4.69) is 6.58 Å². The number of thiocarbonyl (C=S) groups is 1. The largest absolute Gasteiger partial charge is 0.369 e. The molecule has 0 bridgehead atoms. The first-order valence-electron chi connectivity index (χ1n) is 6.59. The molecule has 0 saturated heterocycles. The smallest absolute Gasteiger partial charge is 0.221 e. The van der Waals surface area contributed by atoms with E-state index in [9.17, 15) is 14.4 Å². The topological polar surface area (TPSA) is 77.2 Å². The van der Waals surface area contributed by atoms with Crippen molar-refractivity contribution in [1.29, 1.82) is 0 Å². The van der Waals surface area contributed by atoms with Crippen molar-refractivity contribution in [3.8, 4) is 0 Å². The molecule has 1 aromatic carbocycles. The molecule has 2 rings (SSSR count). The molecule has 2 atom stereocenters. The molecule has 0 radical (unpaired) electrons. The summed E-state index contributed by atoms with van der Waals surface area (Å²) in [5.41, 5.74) is 7.33. The van der Waals surface area contributed by atoms with Crippen LogP contribution in [0.15, 0.2) is 24.8 Å². The minimum Gasteiger partial charge on any atom is -0.369 e. The van der Waals surface area contributed by atoms with Gasteiger partial charge in [-0.25, -0.2) is 0 Å². The third-order valence-corrected chi connectivity index (χ3v) is 4.21. The Bertz CT molecular complexity index is 651. The van der Waals surface area contributed by atoms with Crippen molar-refractivity contribution in [2.24, 2.45) is 17.6 Å². The van der Waals surface area contributed by atoms with E-state index in [0.29, 0.717) is 22.3 Å². The van der Waals surface area contributed by atoms with E-state index < -0.39 is 17.7 Å². The summed E-state index contributed by atoms with van der Waals surface area (Å²) in [7, 11) is 0. The van der Waals surface area contributed by atoms with Gasteiger partial charge >= 0.3 is 0 Å². The van der Waals surface area contributed by atoms with E-state index >= 15 is 0 Å². The van der Waals surface area contributed by atoms with Crippen molar-refractivity contribution in [2.75, 3.05) is 0 Å². The Morgan fingerprint density at radius 3 is 2.76 bits per heavy atom. The lowest BCUT2D eigenvalue weighted by atomic mass is 9.84. The number of amides is 1. The first-order valence-corrected chi connectivity index (χ1v) is 7.00. The Morgan fingerprint density at radius 1 is 1.48 bits per heavy atom. The summed E-state index contributed by atoms with van der Waals surface area (Å²) in [6.07, 6.45) is 2.74. The number of fused-ring (bicyclic) bond motifs is 1. The number of rotatable bonds is 6. The molecular formula is C16H15NO3S. The van der Waals surface area contributed by atoms with Gasteiger partial charge in [0, 0.05) is 22.4 Å². The number of hydrogen-bond donors (Lipinski definition) is 1. The minimum atomic E-state index is -0.756. The van der Waals surface area contributed by atoms with Crippen LogP contribution >= 0.6 is 12.2 Å². The highest BCUT2D eigenvalue weighted by Gasteiger charge is 2.43. The van der Waals surface area contributed by atoms with Gasteiger partial charge in [-0.05, 0) is 12.0 Å². The number of ketones is 1. The number of aldehydes is 1. The van der Waals surface area contributed by atoms with Crippen molar-refractivity contribution in [3.05, 3.63) is 41.5 Å². The van der Waals surface area contributed by atoms with E-state index in [1.807, 2.05) is 6.07 Å². The highest BCUT2D eigenvalue weighted by Crippen LogP contribution is 2.36. The summed E-state index contributed by atoms with van der Waals surface area (Å²) in [6, 6.07) is 5.26. The van der Waals surface area contributed by atoms with Crippen LogP contribution in [0.3, 0.4) is 0 Å². The monoisotopic (exact) mass is 301 g/mol. The van der Waals surface area contributed by atoms with E-state index in [1.54, 1.807) is 18.2 Å². The third-order valence-electron chi connectivity index (χ3n) is 3.76. The maximum Gasteiger partial charge on any atom is 0.221 e. The summed E-state index contributed by atoms with van der Waals surface area (Å²) in [5, 5.41) is 0. The van der Waals surface area contributed by atoms with Crippen LogP contribution in [0.5, 0.6) is 0 Å². The van der Waals surface area contributed by atoms with Gasteiger partial charge in [0.15, 0.2) is 5.78 Å². The average molecular weight is 301 g/mol. The zero-order valence-corrected chi connectivity index (χ0v) is 12.2. The quantitative estimate of drug-likeness (QED) is 0.643. The number of Topliss-reactive ketones (excluding diaryl/α,β-unsaturated/α-hetero) is 1. The zero-order valence-electron chi connectivity index (χ0n) is 11.4. The Morgan fingerprint density at radius 2 is 2.19 bits per heavy atom. The van der Waals surface area contributed by atoms with Gasteiger partial charge in [0.1, 0.15) is 6.29 Å². The lowest BCUT2D eigenvalue weighted by Gasteiger charge is -2.18. The van der Waals surface area contributed by atoms with Gasteiger partial charge in [-0.1, -0.05) is 43.1 Å². The van der Waals surface area contributed by atoms with Gasteiger partial charge in [0.2, 0.25) is 5.91 Å². The SMILES string of the molecule is C=Cc1cccc2c1C(=S)C(C(CCC=O)C(N)=O)C2=O. The van der Waals surface area contributed by atoms with Crippen LogP contribution in [0.2, 0.25) is 0 Å². The molecule has 2 unspecified atom stereocenters. The maximum atomic E-state index is 12.6. The number of benzene rings is 1. The summed E-state index contributed by atoms with van der Waals surface area (Å²) >= 11 is 5.41. The molecule has 0 spiro atoms. The summed E-state index contributed by atoms with van der Waals surface area (Å²) < 4.78 is 0. The Balaban J connectivity index is 2.47. The first-order chi connectivity index (χ1) is 10.0. The van der Waals surface area contributed by atoms with Crippen LogP contribution in [0.25, 0.3) is 6.08 Å².